The van der Waals surface area contributed by atoms with Crippen LogP contribution in [-0.2, 0) is 25.5 Å². The Hall–Kier alpha value is -6.25. The van der Waals surface area contributed by atoms with E-state index in [1.165, 1.54) is 4.90 Å². The van der Waals surface area contributed by atoms with E-state index in [4.69, 9.17) is 31.1 Å². The van der Waals surface area contributed by atoms with Crippen molar-refractivity contribution in [1.29, 1.82) is 10.5 Å². The second kappa shape index (κ2) is 20.5. The average Bonchev–Trinajstić information content (AvgIpc) is 3.69. The Bertz CT molecular complexity index is 2470. The Kier molecular flexibility index (Phi) is 15.3. The van der Waals surface area contributed by atoms with Gasteiger partial charge in [-0.15, -0.1) is 0 Å². The van der Waals surface area contributed by atoms with Crippen LogP contribution in [0.3, 0.4) is 0 Å². The number of likely N-dealkylation sites (tertiary alicyclic amines) is 1. The molecule has 0 aromatic heterocycles. The lowest BCUT2D eigenvalue weighted by atomic mass is 9.49. The molecule has 3 atom stereocenters. The number of β-amino-alcohol motifs (C(OH)–C–C–N with tert-alkyl or cyclic N) is 1. The third-order valence-corrected chi connectivity index (χ3v) is 12.9. The summed E-state index contributed by atoms with van der Waals surface area (Å²) in [6.45, 7) is 13.7. The van der Waals surface area contributed by atoms with Crippen molar-refractivity contribution in [3.05, 3.63) is 118 Å². The topological polar surface area (TPSA) is 191 Å². The summed E-state index contributed by atoms with van der Waals surface area (Å²) in [7, 11) is 0. The van der Waals surface area contributed by atoms with Gasteiger partial charge in [-0.05, 0) is 77.1 Å². The number of aryl methyl sites for hydroxylation is 1. The van der Waals surface area contributed by atoms with Crippen LogP contribution >= 0.6 is 11.6 Å². The Labute approximate surface area is 392 Å². The standard InChI is InChI=1S/C52H58ClN5O8/c1-50(2,3)45(47(63)58-30-38(59)26-42(58)43(60)23-12-32-8-10-33(28-54)11-9-32)56-44(61)31-64-24-25-65-39-20-17-35(18-21-39)34-13-15-36(16-14-34)46(62)57-48-51(4,5)49(52(48,6)7)66-40-22-19-37(29-55)41(53)27-40/h8-11,13-22,27,38,42,45,48-49,59H,12,23-26,30-31H2,1-7H3,(H,56,61)(H,57,62)/t38-,42+,45-,48?,49?/m1/s1. The summed E-state index contributed by atoms with van der Waals surface area (Å²) in [5.41, 5.74) is 2.67. The number of aliphatic hydroxyl groups is 1. The molecule has 66 heavy (non-hydrogen) atoms. The van der Waals surface area contributed by atoms with Gasteiger partial charge in [-0.1, -0.05) is 96.5 Å². The highest BCUT2D eigenvalue weighted by atomic mass is 35.5. The SMILES string of the molecule is CC1(C)C(NC(=O)c2ccc(-c3ccc(OCCOCC(=O)N[C@H](C(=O)N4C[C@H](O)C[C@H]4C(=O)CCc4ccc(C#N)cc4)C(C)(C)C)cc3)cc2)C(C)(C)C1Oc1ccc(C#N)c(Cl)c1. The van der Waals surface area contributed by atoms with Crippen LogP contribution in [0.25, 0.3) is 11.1 Å². The number of halogens is 1. The van der Waals surface area contributed by atoms with Crippen LogP contribution in [0.15, 0.2) is 91.0 Å². The maximum Gasteiger partial charge on any atom is 0.251 e. The minimum Gasteiger partial charge on any atom is -0.491 e. The molecule has 0 spiro atoms. The quantitative estimate of drug-likeness (QED) is 0.0897. The minimum absolute atomic E-state index is 0.00835. The number of aliphatic hydroxyl groups excluding tert-OH is 1. The van der Waals surface area contributed by atoms with Crippen molar-refractivity contribution >= 4 is 35.1 Å². The number of hydrogen-bond donors (Lipinski definition) is 3. The van der Waals surface area contributed by atoms with Crippen LogP contribution in [-0.4, -0.2) is 90.2 Å². The largest absolute Gasteiger partial charge is 0.491 e. The molecule has 6 rings (SSSR count). The number of Topliss-reactive ketones (excluding diaryl/α,β-unsaturated/α-hetero) is 1. The predicted molar refractivity (Wildman–Crippen MR) is 250 cm³/mol. The number of carbonyl (C=O) groups is 4. The molecule has 346 valence electrons. The van der Waals surface area contributed by atoms with E-state index in [0.717, 1.165) is 16.7 Å². The molecule has 1 aliphatic heterocycles. The molecule has 2 fully saturated rings. The highest BCUT2D eigenvalue weighted by molar-refractivity contribution is 6.31. The van der Waals surface area contributed by atoms with Crippen LogP contribution in [0, 0.1) is 38.9 Å². The van der Waals surface area contributed by atoms with Crippen LogP contribution in [0.2, 0.25) is 5.02 Å². The molecule has 1 aliphatic carbocycles. The van der Waals surface area contributed by atoms with Gasteiger partial charge in [-0.2, -0.15) is 10.5 Å². The number of ketones is 1. The summed E-state index contributed by atoms with van der Waals surface area (Å²) in [6.07, 6.45) is -0.360. The highest BCUT2D eigenvalue weighted by Crippen LogP contribution is 2.55. The van der Waals surface area contributed by atoms with E-state index in [-0.39, 0.29) is 63.0 Å². The van der Waals surface area contributed by atoms with Gasteiger partial charge in [0.2, 0.25) is 11.8 Å². The first-order valence-electron chi connectivity index (χ1n) is 22.1. The molecule has 1 saturated carbocycles. The van der Waals surface area contributed by atoms with Crippen LogP contribution in [0.4, 0.5) is 0 Å². The number of rotatable bonds is 17. The Morgan fingerprint density at radius 2 is 1.48 bits per heavy atom. The maximum atomic E-state index is 13.9. The van der Waals surface area contributed by atoms with Crippen molar-refractivity contribution in [3.8, 4) is 34.8 Å². The number of amides is 3. The second-order valence-corrected chi connectivity index (χ2v) is 19.7. The number of nitrogens with one attached hydrogen (secondary N) is 2. The molecule has 1 heterocycles. The molecule has 3 N–H and O–H groups in total. The van der Waals surface area contributed by atoms with Gasteiger partial charge in [-0.25, -0.2) is 0 Å². The molecule has 4 aromatic rings. The fourth-order valence-electron chi connectivity index (χ4n) is 9.31. The Morgan fingerprint density at radius 1 is 0.864 bits per heavy atom. The lowest BCUT2D eigenvalue weighted by molar-refractivity contribution is -0.164. The van der Waals surface area contributed by atoms with E-state index in [1.807, 2.05) is 57.2 Å². The molecule has 0 unspecified atom stereocenters. The van der Waals surface area contributed by atoms with Crippen molar-refractivity contribution in [2.75, 3.05) is 26.4 Å². The first-order valence-corrected chi connectivity index (χ1v) is 22.5. The summed E-state index contributed by atoms with van der Waals surface area (Å²) in [4.78, 5) is 55.2. The molecule has 14 heteroatoms. The zero-order valence-corrected chi connectivity index (χ0v) is 39.3. The lowest BCUT2D eigenvalue weighted by Crippen LogP contribution is -2.74. The van der Waals surface area contributed by atoms with Crippen LogP contribution < -0.4 is 20.1 Å². The van der Waals surface area contributed by atoms with Gasteiger partial charge in [0, 0.05) is 47.9 Å². The summed E-state index contributed by atoms with van der Waals surface area (Å²) < 4.78 is 17.8. The number of carbonyl (C=O) groups excluding carboxylic acids is 4. The zero-order chi connectivity index (χ0) is 48.0. The van der Waals surface area contributed by atoms with Crippen molar-refractivity contribution < 1.29 is 38.5 Å². The highest BCUT2D eigenvalue weighted by Gasteiger charge is 2.64. The molecule has 0 radical (unpaired) electrons. The normalized spacial score (nSPS) is 19.9. The van der Waals surface area contributed by atoms with Crippen LogP contribution in [0.1, 0.15) is 88.4 Å². The van der Waals surface area contributed by atoms with E-state index < -0.39 is 46.2 Å². The average molecular weight is 917 g/mol. The summed E-state index contributed by atoms with van der Waals surface area (Å²) in [5, 5.41) is 35.1. The zero-order valence-electron chi connectivity index (χ0n) is 38.5. The number of nitriles is 2. The molecular formula is C52H58ClN5O8. The number of benzene rings is 4. The lowest BCUT2D eigenvalue weighted by Gasteiger charge is -2.63. The molecular weight excluding hydrogens is 858 g/mol. The van der Waals surface area contributed by atoms with Gasteiger partial charge in [0.05, 0.1) is 41.0 Å². The maximum absolute atomic E-state index is 13.9. The van der Waals surface area contributed by atoms with Gasteiger partial charge in [0.1, 0.15) is 42.9 Å². The van der Waals surface area contributed by atoms with E-state index in [0.29, 0.717) is 39.6 Å². The molecule has 0 bridgehead atoms. The molecule has 3 amide bonds. The number of nitrogens with zero attached hydrogens (tertiary/aromatic N) is 3. The summed E-state index contributed by atoms with van der Waals surface area (Å²) in [6, 6.07) is 29.0. The first kappa shape index (κ1) is 49.2. The Morgan fingerprint density at radius 3 is 2.08 bits per heavy atom. The summed E-state index contributed by atoms with van der Waals surface area (Å²) >= 11 is 6.24. The third-order valence-electron chi connectivity index (χ3n) is 12.6. The van der Waals surface area contributed by atoms with Crippen molar-refractivity contribution in [1.82, 2.24) is 15.5 Å². The number of hydrogen-bond acceptors (Lipinski definition) is 10. The van der Waals surface area contributed by atoms with Gasteiger partial charge in [0.25, 0.3) is 5.91 Å². The second-order valence-electron chi connectivity index (χ2n) is 19.3. The molecule has 13 nitrogen and oxygen atoms in total. The summed E-state index contributed by atoms with van der Waals surface area (Å²) in [5.74, 6) is -0.127. The van der Waals surface area contributed by atoms with Gasteiger partial charge in [-0.3, -0.25) is 19.2 Å². The predicted octanol–water partition coefficient (Wildman–Crippen LogP) is 7.45. The first-order chi connectivity index (χ1) is 31.2. The van der Waals surface area contributed by atoms with E-state index in [9.17, 15) is 29.5 Å². The molecule has 4 aromatic carbocycles. The van der Waals surface area contributed by atoms with Gasteiger partial charge >= 0.3 is 0 Å². The van der Waals surface area contributed by atoms with Crippen molar-refractivity contribution in [2.45, 2.75) is 98.1 Å². The van der Waals surface area contributed by atoms with Gasteiger partial charge in [0.15, 0.2) is 5.78 Å². The van der Waals surface area contributed by atoms with E-state index in [1.54, 1.807) is 54.6 Å². The van der Waals surface area contributed by atoms with Crippen molar-refractivity contribution in [2.24, 2.45) is 16.2 Å². The fraction of sp³-hybridized carbons (Fsp3) is 0.423. The van der Waals surface area contributed by atoms with Gasteiger partial charge < -0.3 is 34.9 Å². The van der Waals surface area contributed by atoms with Crippen LogP contribution in [0.5, 0.6) is 11.5 Å². The molecule has 1 saturated heterocycles. The Balaban J connectivity index is 0.936. The number of ether oxygens (including phenoxy) is 3. The minimum atomic E-state index is -0.972. The van der Waals surface area contributed by atoms with Crippen molar-refractivity contribution in [3.63, 3.8) is 0 Å². The monoisotopic (exact) mass is 915 g/mol. The fourth-order valence-corrected chi connectivity index (χ4v) is 9.52. The third kappa shape index (κ3) is 11.4. The smallest absolute Gasteiger partial charge is 0.251 e. The van der Waals surface area contributed by atoms with E-state index >= 15 is 0 Å². The van der Waals surface area contributed by atoms with E-state index in [2.05, 4.69) is 50.5 Å². The molecule has 2 aliphatic rings.